The van der Waals surface area contributed by atoms with E-state index in [0.717, 1.165) is 12.8 Å². The van der Waals surface area contributed by atoms with Crippen LogP contribution in [0, 0.1) is 11.8 Å². The normalized spacial score (nSPS) is 24.4. The van der Waals surface area contributed by atoms with E-state index in [1.54, 1.807) is 0 Å². The fourth-order valence-electron chi connectivity index (χ4n) is 2.35. The smallest absolute Gasteiger partial charge is 0.309 e. The van der Waals surface area contributed by atoms with Crippen LogP contribution in [0.4, 0.5) is 0 Å². The van der Waals surface area contributed by atoms with Crippen LogP contribution in [0.15, 0.2) is 24.3 Å². The fraction of sp³-hybridized carbons (Fsp3) is 0.462. The van der Waals surface area contributed by atoms with Crippen LogP contribution in [0.2, 0.25) is 0 Å². The quantitative estimate of drug-likeness (QED) is 0.656. The topological polar surface area (TPSA) is 26.3 Å². The Morgan fingerprint density at radius 3 is 2.47 bits per heavy atom. The highest BCUT2D eigenvalue weighted by molar-refractivity contribution is 5.73. The fourth-order valence-corrected chi connectivity index (χ4v) is 2.35. The highest BCUT2D eigenvalue weighted by Gasteiger charge is 2.31. The van der Waals surface area contributed by atoms with Crippen molar-refractivity contribution in [2.75, 3.05) is 7.11 Å². The lowest BCUT2D eigenvalue weighted by molar-refractivity contribution is -0.147. The molecule has 0 fully saturated rings. The molecule has 0 amide bonds. The molecule has 2 heteroatoms. The van der Waals surface area contributed by atoms with Crippen molar-refractivity contribution < 1.29 is 9.53 Å². The van der Waals surface area contributed by atoms with Gasteiger partial charge in [0.1, 0.15) is 0 Å². The minimum atomic E-state index is -0.0722. The molecule has 2 rings (SSSR count). The Bertz CT molecular complexity index is 371. The molecule has 0 radical (unpaired) electrons. The molecule has 1 aliphatic carbocycles. The summed E-state index contributed by atoms with van der Waals surface area (Å²) in [5, 5.41) is 0. The van der Waals surface area contributed by atoms with Crippen molar-refractivity contribution in [3.63, 3.8) is 0 Å². The molecule has 15 heavy (non-hydrogen) atoms. The van der Waals surface area contributed by atoms with Crippen molar-refractivity contribution >= 4 is 5.97 Å². The summed E-state index contributed by atoms with van der Waals surface area (Å²) >= 11 is 0. The molecule has 1 aromatic carbocycles. The minimum absolute atomic E-state index is 0.0323. The van der Waals surface area contributed by atoms with Gasteiger partial charge in [-0.15, -0.1) is 0 Å². The first-order valence-corrected chi connectivity index (χ1v) is 5.37. The van der Waals surface area contributed by atoms with E-state index in [1.165, 1.54) is 18.2 Å². The van der Waals surface area contributed by atoms with E-state index < -0.39 is 0 Å². The molecule has 2 nitrogen and oxygen atoms in total. The van der Waals surface area contributed by atoms with Gasteiger partial charge in [-0.2, -0.15) is 0 Å². The maximum absolute atomic E-state index is 11.6. The number of hydrogen-bond acceptors (Lipinski definition) is 2. The van der Waals surface area contributed by atoms with Crippen LogP contribution >= 0.6 is 0 Å². The molecule has 0 aliphatic heterocycles. The van der Waals surface area contributed by atoms with Crippen molar-refractivity contribution in [2.24, 2.45) is 11.8 Å². The minimum Gasteiger partial charge on any atom is -0.469 e. The Labute approximate surface area is 90.3 Å². The maximum atomic E-state index is 11.6. The van der Waals surface area contributed by atoms with Crippen LogP contribution in [0.3, 0.4) is 0 Å². The van der Waals surface area contributed by atoms with E-state index in [-0.39, 0.29) is 11.9 Å². The first-order chi connectivity index (χ1) is 7.22. The van der Waals surface area contributed by atoms with Crippen LogP contribution in [-0.4, -0.2) is 13.1 Å². The number of ether oxygens (including phenoxy) is 1. The predicted octanol–water partition coefficient (Wildman–Crippen LogP) is 2.21. The van der Waals surface area contributed by atoms with E-state index in [2.05, 4.69) is 25.1 Å². The average molecular weight is 204 g/mol. The zero-order valence-corrected chi connectivity index (χ0v) is 9.19. The first kappa shape index (κ1) is 10.2. The summed E-state index contributed by atoms with van der Waals surface area (Å²) in [5.41, 5.74) is 2.68. The first-order valence-electron chi connectivity index (χ1n) is 5.37. The van der Waals surface area contributed by atoms with Gasteiger partial charge in [-0.3, -0.25) is 4.79 Å². The Kier molecular flexibility index (Phi) is 2.76. The van der Waals surface area contributed by atoms with Gasteiger partial charge >= 0.3 is 5.97 Å². The molecular formula is C13H16O2. The highest BCUT2D eigenvalue weighted by atomic mass is 16.5. The standard InChI is InChI=1S/C13H16O2/c1-9-7-10-5-3-4-6-11(10)8-12(9)13(14)15-2/h3-6,9,12H,7-8H2,1-2H3/t9-,12-/m1/s1. The number of carbonyl (C=O) groups is 1. The predicted molar refractivity (Wildman–Crippen MR) is 58.5 cm³/mol. The second-order valence-corrected chi connectivity index (χ2v) is 4.28. The summed E-state index contributed by atoms with van der Waals surface area (Å²) in [4.78, 5) is 11.6. The van der Waals surface area contributed by atoms with Gasteiger partial charge in [0, 0.05) is 0 Å². The second-order valence-electron chi connectivity index (χ2n) is 4.28. The lowest BCUT2D eigenvalue weighted by Crippen LogP contribution is -2.30. The monoisotopic (exact) mass is 204 g/mol. The summed E-state index contributed by atoms with van der Waals surface area (Å²) in [6, 6.07) is 8.35. The van der Waals surface area contributed by atoms with Crippen LogP contribution < -0.4 is 0 Å². The van der Waals surface area contributed by atoms with Crippen molar-refractivity contribution in [2.45, 2.75) is 19.8 Å². The van der Waals surface area contributed by atoms with Crippen molar-refractivity contribution in [1.29, 1.82) is 0 Å². The van der Waals surface area contributed by atoms with Gasteiger partial charge in [-0.05, 0) is 29.9 Å². The van der Waals surface area contributed by atoms with Crippen molar-refractivity contribution in [1.82, 2.24) is 0 Å². The summed E-state index contributed by atoms with van der Waals surface area (Å²) in [6.07, 6.45) is 1.81. The van der Waals surface area contributed by atoms with Gasteiger partial charge in [0.05, 0.1) is 13.0 Å². The van der Waals surface area contributed by atoms with Gasteiger partial charge < -0.3 is 4.74 Å². The number of hydrogen-bond donors (Lipinski definition) is 0. The molecule has 0 saturated carbocycles. The summed E-state index contributed by atoms with van der Waals surface area (Å²) in [6.45, 7) is 2.12. The number of esters is 1. The Morgan fingerprint density at radius 2 is 1.87 bits per heavy atom. The summed E-state index contributed by atoms with van der Waals surface area (Å²) in [7, 11) is 1.47. The SMILES string of the molecule is COC(=O)[C@@H]1Cc2ccccc2C[C@H]1C. The van der Waals surface area contributed by atoms with Crippen LogP contribution in [0.1, 0.15) is 18.1 Å². The molecule has 1 aliphatic rings. The molecule has 0 spiro atoms. The number of rotatable bonds is 1. The van der Waals surface area contributed by atoms with Gasteiger partial charge in [-0.25, -0.2) is 0 Å². The number of methoxy groups -OCH3 is 1. The molecule has 0 saturated heterocycles. The third kappa shape index (κ3) is 1.89. The van der Waals surface area contributed by atoms with Crippen LogP contribution in [0.5, 0.6) is 0 Å². The van der Waals surface area contributed by atoms with E-state index in [1.807, 2.05) is 6.07 Å². The summed E-state index contributed by atoms with van der Waals surface area (Å²) in [5.74, 6) is 0.342. The highest BCUT2D eigenvalue weighted by Crippen LogP contribution is 2.30. The van der Waals surface area contributed by atoms with Gasteiger partial charge in [0.15, 0.2) is 0 Å². The summed E-state index contributed by atoms with van der Waals surface area (Å²) < 4.78 is 4.84. The average Bonchev–Trinajstić information content (AvgIpc) is 2.27. The Hall–Kier alpha value is -1.31. The molecular weight excluding hydrogens is 188 g/mol. The molecule has 0 heterocycles. The largest absolute Gasteiger partial charge is 0.469 e. The van der Waals surface area contributed by atoms with Gasteiger partial charge in [-0.1, -0.05) is 31.2 Å². The maximum Gasteiger partial charge on any atom is 0.309 e. The van der Waals surface area contributed by atoms with E-state index in [0.29, 0.717) is 5.92 Å². The molecule has 2 atom stereocenters. The zero-order valence-electron chi connectivity index (χ0n) is 9.19. The third-order valence-electron chi connectivity index (χ3n) is 3.29. The lowest BCUT2D eigenvalue weighted by Gasteiger charge is -2.28. The van der Waals surface area contributed by atoms with E-state index in [4.69, 9.17) is 4.74 Å². The van der Waals surface area contributed by atoms with E-state index >= 15 is 0 Å². The Morgan fingerprint density at radius 1 is 1.27 bits per heavy atom. The van der Waals surface area contributed by atoms with Gasteiger partial charge in [0.25, 0.3) is 0 Å². The third-order valence-corrected chi connectivity index (χ3v) is 3.29. The van der Waals surface area contributed by atoms with Crippen molar-refractivity contribution in [3.8, 4) is 0 Å². The molecule has 1 aromatic rings. The van der Waals surface area contributed by atoms with Crippen LogP contribution in [-0.2, 0) is 22.4 Å². The second kappa shape index (κ2) is 4.05. The molecule has 0 aromatic heterocycles. The number of benzene rings is 1. The molecule has 80 valence electrons. The lowest BCUT2D eigenvalue weighted by atomic mass is 9.77. The van der Waals surface area contributed by atoms with Gasteiger partial charge in [0.2, 0.25) is 0 Å². The van der Waals surface area contributed by atoms with Crippen molar-refractivity contribution in [3.05, 3.63) is 35.4 Å². The number of carbonyl (C=O) groups excluding carboxylic acids is 1. The molecule has 0 unspecified atom stereocenters. The molecule has 0 bridgehead atoms. The number of fused-ring (bicyclic) bond motifs is 1. The zero-order chi connectivity index (χ0) is 10.8. The van der Waals surface area contributed by atoms with Crippen LogP contribution in [0.25, 0.3) is 0 Å². The van der Waals surface area contributed by atoms with E-state index in [9.17, 15) is 4.79 Å². The molecule has 0 N–H and O–H groups in total. The Balaban J connectivity index is 2.25.